The smallest absolute Gasteiger partial charge is 0.123 e. The van der Waals surface area contributed by atoms with E-state index in [4.69, 9.17) is 16.3 Å². The molecule has 0 spiro atoms. The molecule has 18 heavy (non-hydrogen) atoms. The fraction of sp³-hybridized carbons (Fsp3) is 0.0667. The van der Waals surface area contributed by atoms with E-state index in [1.54, 1.807) is 6.08 Å². The molecule has 0 saturated carbocycles. The van der Waals surface area contributed by atoms with E-state index in [1.807, 2.05) is 60.7 Å². The average molecular weight is 274 g/mol. The van der Waals surface area contributed by atoms with Gasteiger partial charge in [-0.3, -0.25) is 0 Å². The molecule has 2 rings (SSSR count). The first-order valence-electron chi connectivity index (χ1n) is 5.74. The molecule has 0 atom stereocenters. The molecule has 92 valence electrons. The number of rotatable bonds is 5. The zero-order valence-electron chi connectivity index (χ0n) is 10.0. The molecule has 0 saturated heterocycles. The Labute approximate surface area is 113 Å². The lowest BCUT2D eigenvalue weighted by Crippen LogP contribution is -2.17. The highest BCUT2D eigenvalue weighted by Crippen LogP contribution is 2.44. The summed E-state index contributed by atoms with van der Waals surface area (Å²) in [6.45, 7) is 4.17. The number of hydrogen-bond acceptors (Lipinski definition) is 2. The minimum Gasteiger partial charge on any atom is -0.338 e. The summed E-state index contributed by atoms with van der Waals surface area (Å²) in [6.07, 6.45) is -0.436. The van der Waals surface area contributed by atoms with Crippen molar-refractivity contribution in [3.05, 3.63) is 73.3 Å². The summed E-state index contributed by atoms with van der Waals surface area (Å²) >= 11 is 5.84. The van der Waals surface area contributed by atoms with Crippen molar-refractivity contribution in [3.8, 4) is 0 Å². The predicted molar refractivity (Wildman–Crippen MR) is 82.6 cm³/mol. The van der Waals surface area contributed by atoms with Crippen LogP contribution >= 0.6 is 6.26 Å². The van der Waals surface area contributed by atoms with Gasteiger partial charge in [-0.25, -0.2) is 0 Å². The molecule has 2 aromatic carbocycles. The zero-order valence-corrected chi connectivity index (χ0v) is 11.7. The first-order valence-corrected chi connectivity index (χ1v) is 8.46. The highest BCUT2D eigenvalue weighted by atomic mass is 32.4. The van der Waals surface area contributed by atoms with Gasteiger partial charge in [0.1, 0.15) is 6.26 Å². The Balaban J connectivity index is 2.48. The van der Waals surface area contributed by atoms with Crippen LogP contribution in [0.3, 0.4) is 0 Å². The standard InChI is InChI=1S/C15H15OPS/c1-2-13-16-17(18,14-9-5-3-6-10-14)15-11-7-4-8-12-15/h2-12H,1,13H2. The van der Waals surface area contributed by atoms with Gasteiger partial charge in [-0.15, -0.1) is 6.58 Å². The van der Waals surface area contributed by atoms with Gasteiger partial charge in [0.25, 0.3) is 0 Å². The summed E-state index contributed by atoms with van der Waals surface area (Å²) in [5.41, 5.74) is 0. The van der Waals surface area contributed by atoms with Crippen LogP contribution in [-0.4, -0.2) is 6.61 Å². The molecule has 0 N–H and O–H groups in total. The zero-order chi connectivity index (χ0) is 12.8. The van der Waals surface area contributed by atoms with Gasteiger partial charge in [0.2, 0.25) is 0 Å². The molecule has 0 aliphatic rings. The van der Waals surface area contributed by atoms with Crippen molar-refractivity contribution in [2.75, 3.05) is 6.61 Å². The summed E-state index contributed by atoms with van der Waals surface area (Å²) in [5.74, 6) is 0. The molecule has 0 fully saturated rings. The quantitative estimate of drug-likeness (QED) is 0.611. The maximum Gasteiger partial charge on any atom is 0.123 e. The SMILES string of the molecule is C=CCOP(=S)(c1ccccc1)c1ccccc1. The van der Waals surface area contributed by atoms with Crippen molar-refractivity contribution in [2.24, 2.45) is 0 Å². The molecule has 0 aromatic heterocycles. The summed E-state index contributed by atoms with van der Waals surface area (Å²) in [6, 6.07) is 20.1. The van der Waals surface area contributed by atoms with Crippen LogP contribution in [0.15, 0.2) is 73.3 Å². The third kappa shape index (κ3) is 2.78. The molecule has 3 heteroatoms. The molecule has 0 radical (unpaired) electrons. The molecular weight excluding hydrogens is 259 g/mol. The summed E-state index contributed by atoms with van der Waals surface area (Å²) in [7, 11) is 0. The highest BCUT2D eigenvalue weighted by molar-refractivity contribution is 8.19. The van der Waals surface area contributed by atoms with Crippen molar-refractivity contribution in [1.29, 1.82) is 0 Å². The number of benzene rings is 2. The van der Waals surface area contributed by atoms with E-state index < -0.39 is 6.26 Å². The lowest BCUT2D eigenvalue weighted by Gasteiger charge is -2.22. The summed E-state index contributed by atoms with van der Waals surface area (Å²) < 4.78 is 5.96. The Morgan fingerprint density at radius 1 is 0.944 bits per heavy atom. The molecule has 0 heterocycles. The second-order valence-electron chi connectivity index (χ2n) is 3.81. The van der Waals surface area contributed by atoms with Crippen LogP contribution in [0, 0.1) is 0 Å². The Morgan fingerprint density at radius 3 is 1.78 bits per heavy atom. The van der Waals surface area contributed by atoms with Crippen molar-refractivity contribution >= 4 is 28.7 Å². The van der Waals surface area contributed by atoms with Gasteiger partial charge in [-0.2, -0.15) is 0 Å². The molecular formula is C15H15OPS. The van der Waals surface area contributed by atoms with Crippen molar-refractivity contribution in [3.63, 3.8) is 0 Å². The Kier molecular flexibility index (Phi) is 4.48. The van der Waals surface area contributed by atoms with Crippen molar-refractivity contribution in [2.45, 2.75) is 0 Å². The van der Waals surface area contributed by atoms with Crippen LogP contribution in [0.4, 0.5) is 0 Å². The van der Waals surface area contributed by atoms with Gasteiger partial charge in [0.05, 0.1) is 6.61 Å². The molecule has 2 aromatic rings. The average Bonchev–Trinajstić information content (AvgIpc) is 2.46. The summed E-state index contributed by atoms with van der Waals surface area (Å²) in [5, 5.41) is 2.15. The second-order valence-corrected chi connectivity index (χ2v) is 7.74. The minimum atomic E-state index is -2.18. The van der Waals surface area contributed by atoms with Gasteiger partial charge in [-0.1, -0.05) is 78.5 Å². The molecule has 0 amide bonds. The maximum absolute atomic E-state index is 5.96. The van der Waals surface area contributed by atoms with Crippen LogP contribution in [0.1, 0.15) is 0 Å². The Morgan fingerprint density at radius 2 is 1.39 bits per heavy atom. The predicted octanol–water partition coefficient (Wildman–Crippen LogP) is 3.23. The topological polar surface area (TPSA) is 9.23 Å². The highest BCUT2D eigenvalue weighted by Gasteiger charge is 2.22. The van der Waals surface area contributed by atoms with E-state index in [1.165, 1.54) is 0 Å². The first kappa shape index (κ1) is 13.2. The first-order chi connectivity index (χ1) is 8.77. The van der Waals surface area contributed by atoms with Crippen LogP contribution in [0.2, 0.25) is 0 Å². The molecule has 1 nitrogen and oxygen atoms in total. The fourth-order valence-electron chi connectivity index (χ4n) is 1.70. The molecule has 0 aliphatic heterocycles. The fourth-order valence-corrected chi connectivity index (χ4v) is 4.66. The van der Waals surface area contributed by atoms with Gasteiger partial charge in [0, 0.05) is 10.6 Å². The largest absolute Gasteiger partial charge is 0.338 e. The van der Waals surface area contributed by atoms with E-state index in [0.717, 1.165) is 10.6 Å². The minimum absolute atomic E-state index is 0.473. The van der Waals surface area contributed by atoms with E-state index >= 15 is 0 Å². The lowest BCUT2D eigenvalue weighted by atomic mass is 10.4. The summed E-state index contributed by atoms with van der Waals surface area (Å²) in [4.78, 5) is 0. The van der Waals surface area contributed by atoms with Crippen LogP contribution in [0.5, 0.6) is 0 Å². The lowest BCUT2D eigenvalue weighted by molar-refractivity contribution is 0.413. The second kappa shape index (κ2) is 6.10. The van der Waals surface area contributed by atoms with Crippen LogP contribution < -0.4 is 10.6 Å². The van der Waals surface area contributed by atoms with Crippen LogP contribution in [0.25, 0.3) is 0 Å². The monoisotopic (exact) mass is 274 g/mol. The van der Waals surface area contributed by atoms with Gasteiger partial charge in [0.15, 0.2) is 0 Å². The van der Waals surface area contributed by atoms with Crippen molar-refractivity contribution in [1.82, 2.24) is 0 Å². The number of hydrogen-bond donors (Lipinski definition) is 0. The van der Waals surface area contributed by atoms with E-state index in [2.05, 4.69) is 6.58 Å². The Bertz CT molecular complexity index is 508. The van der Waals surface area contributed by atoms with E-state index in [0.29, 0.717) is 6.61 Å². The van der Waals surface area contributed by atoms with Gasteiger partial charge < -0.3 is 4.52 Å². The molecule has 0 unspecified atom stereocenters. The van der Waals surface area contributed by atoms with E-state index in [9.17, 15) is 0 Å². The maximum atomic E-state index is 5.96. The van der Waals surface area contributed by atoms with E-state index in [-0.39, 0.29) is 0 Å². The van der Waals surface area contributed by atoms with Crippen LogP contribution in [-0.2, 0) is 16.3 Å². The Hall–Kier alpha value is -1.21. The molecule has 0 bridgehead atoms. The van der Waals surface area contributed by atoms with Gasteiger partial charge in [-0.05, 0) is 0 Å². The third-order valence-corrected chi connectivity index (χ3v) is 6.62. The molecule has 0 aliphatic carbocycles. The van der Waals surface area contributed by atoms with Gasteiger partial charge >= 0.3 is 0 Å². The van der Waals surface area contributed by atoms with Crippen molar-refractivity contribution < 1.29 is 4.52 Å². The third-order valence-electron chi connectivity index (χ3n) is 2.57. The normalized spacial score (nSPS) is 11.1.